The fraction of sp³-hybridized carbons (Fsp3) is 0.278. The second-order valence-corrected chi connectivity index (χ2v) is 5.00. The first-order chi connectivity index (χ1) is 9.08. The van der Waals surface area contributed by atoms with E-state index in [1.54, 1.807) is 0 Å². The van der Waals surface area contributed by atoms with Gasteiger partial charge in [0, 0.05) is 11.1 Å². The number of allylic oxidation sites excluding steroid dienone is 3. The van der Waals surface area contributed by atoms with E-state index in [1.165, 1.54) is 27.6 Å². The van der Waals surface area contributed by atoms with Crippen molar-refractivity contribution < 1.29 is 0 Å². The lowest BCUT2D eigenvalue weighted by molar-refractivity contribution is 1.05. The molecule has 1 aromatic carbocycles. The van der Waals surface area contributed by atoms with E-state index in [9.17, 15) is 0 Å². The van der Waals surface area contributed by atoms with E-state index < -0.39 is 0 Å². The highest BCUT2D eigenvalue weighted by Crippen LogP contribution is 2.27. The lowest BCUT2D eigenvalue weighted by Gasteiger charge is -2.12. The molecule has 0 aliphatic carbocycles. The van der Waals surface area contributed by atoms with Gasteiger partial charge in [-0.2, -0.15) is 0 Å². The molecule has 1 aromatic heterocycles. The number of pyridine rings is 1. The van der Waals surface area contributed by atoms with Crippen LogP contribution in [0.2, 0.25) is 0 Å². The molecule has 0 spiro atoms. The minimum atomic E-state index is 0.974. The van der Waals surface area contributed by atoms with E-state index >= 15 is 0 Å². The van der Waals surface area contributed by atoms with E-state index in [2.05, 4.69) is 52.5 Å². The number of aryl methyl sites for hydroxylation is 3. The van der Waals surface area contributed by atoms with Crippen LogP contribution in [-0.2, 0) is 6.42 Å². The lowest BCUT2D eigenvalue weighted by Crippen LogP contribution is -1.96. The van der Waals surface area contributed by atoms with E-state index in [0.29, 0.717) is 0 Å². The van der Waals surface area contributed by atoms with Crippen molar-refractivity contribution in [3.05, 3.63) is 59.3 Å². The Hall–Kier alpha value is -1.89. The van der Waals surface area contributed by atoms with Gasteiger partial charge in [0.05, 0.1) is 5.52 Å². The molecule has 0 fully saturated rings. The van der Waals surface area contributed by atoms with Crippen molar-refractivity contribution in [2.45, 2.75) is 34.1 Å². The first-order valence-electron chi connectivity index (χ1n) is 6.78. The molecule has 0 bridgehead atoms. The second kappa shape index (κ2) is 5.40. The van der Waals surface area contributed by atoms with Gasteiger partial charge in [0.15, 0.2) is 0 Å². The van der Waals surface area contributed by atoms with Gasteiger partial charge in [-0.05, 0) is 55.5 Å². The predicted molar refractivity (Wildman–Crippen MR) is 84.4 cm³/mol. The van der Waals surface area contributed by atoms with E-state index in [4.69, 9.17) is 4.98 Å². The molecule has 0 saturated carbocycles. The molecule has 0 aliphatic rings. The molecule has 0 aliphatic heterocycles. The first-order valence-corrected chi connectivity index (χ1v) is 6.78. The number of fused-ring (bicyclic) bond motifs is 1. The highest BCUT2D eigenvalue weighted by molar-refractivity contribution is 5.89. The van der Waals surface area contributed by atoms with Crippen molar-refractivity contribution in [3.63, 3.8) is 0 Å². The van der Waals surface area contributed by atoms with E-state index in [1.807, 2.05) is 12.2 Å². The summed E-state index contributed by atoms with van der Waals surface area (Å²) in [4.78, 5) is 4.80. The Bertz CT molecular complexity index is 663. The first kappa shape index (κ1) is 13.5. The molecule has 98 valence electrons. The highest BCUT2D eigenvalue weighted by Gasteiger charge is 2.09. The second-order valence-electron chi connectivity index (χ2n) is 5.00. The molecule has 0 atom stereocenters. The number of benzene rings is 1. The molecule has 19 heavy (non-hydrogen) atoms. The Labute approximate surface area is 115 Å². The van der Waals surface area contributed by atoms with Gasteiger partial charge in [0.25, 0.3) is 0 Å². The molecule has 2 aromatic rings. The third-order valence-corrected chi connectivity index (χ3v) is 3.65. The normalized spacial score (nSPS) is 11.9. The summed E-state index contributed by atoms with van der Waals surface area (Å²) >= 11 is 0. The van der Waals surface area contributed by atoms with Crippen LogP contribution in [0.25, 0.3) is 16.5 Å². The largest absolute Gasteiger partial charge is 0.253 e. The molecule has 0 N–H and O–H groups in total. The lowest BCUT2D eigenvalue weighted by atomic mass is 9.96. The maximum absolute atomic E-state index is 4.80. The third-order valence-electron chi connectivity index (χ3n) is 3.65. The zero-order valence-corrected chi connectivity index (χ0v) is 12.2. The Morgan fingerprint density at radius 2 is 2.05 bits per heavy atom. The molecule has 0 amide bonds. The van der Waals surface area contributed by atoms with Crippen molar-refractivity contribution in [2.24, 2.45) is 0 Å². The molecule has 2 rings (SSSR count). The summed E-state index contributed by atoms with van der Waals surface area (Å²) in [6, 6.07) is 6.56. The van der Waals surface area contributed by atoms with Gasteiger partial charge in [0.2, 0.25) is 0 Å². The van der Waals surface area contributed by atoms with Crippen molar-refractivity contribution in [1.82, 2.24) is 4.98 Å². The Balaban J connectivity index is 2.76. The quantitative estimate of drug-likeness (QED) is 0.699. The van der Waals surface area contributed by atoms with Crippen LogP contribution in [0.5, 0.6) is 0 Å². The summed E-state index contributed by atoms with van der Waals surface area (Å²) in [5.41, 5.74) is 7.35. The van der Waals surface area contributed by atoms with E-state index in [0.717, 1.165) is 17.6 Å². The molecule has 1 nitrogen and oxygen atoms in total. The summed E-state index contributed by atoms with van der Waals surface area (Å²) in [6.07, 6.45) is 4.85. The van der Waals surface area contributed by atoms with Gasteiger partial charge in [-0.1, -0.05) is 37.8 Å². The monoisotopic (exact) mass is 251 g/mol. The van der Waals surface area contributed by atoms with E-state index in [-0.39, 0.29) is 0 Å². The minimum Gasteiger partial charge on any atom is -0.253 e. The summed E-state index contributed by atoms with van der Waals surface area (Å²) in [5, 5.41) is 1.25. The van der Waals surface area contributed by atoms with Crippen molar-refractivity contribution in [2.75, 3.05) is 0 Å². The topological polar surface area (TPSA) is 12.9 Å². The molecule has 1 heterocycles. The number of nitrogens with zero attached hydrogens (tertiary/aromatic N) is 1. The number of rotatable bonds is 3. The van der Waals surface area contributed by atoms with Crippen LogP contribution in [0.15, 0.2) is 36.9 Å². The molecule has 0 unspecified atom stereocenters. The number of hydrogen-bond acceptors (Lipinski definition) is 1. The van der Waals surface area contributed by atoms with Gasteiger partial charge in [-0.25, -0.2) is 0 Å². The Kier molecular flexibility index (Phi) is 3.84. The maximum atomic E-state index is 4.80. The molecule has 1 heteroatoms. The molecular formula is C18H21N. The minimum absolute atomic E-state index is 0.974. The number of hydrogen-bond donors (Lipinski definition) is 0. The van der Waals surface area contributed by atoms with Crippen LogP contribution in [0, 0.1) is 13.8 Å². The van der Waals surface area contributed by atoms with Crippen molar-refractivity contribution in [3.8, 4) is 0 Å². The van der Waals surface area contributed by atoms with Crippen LogP contribution in [-0.4, -0.2) is 4.98 Å². The molecular weight excluding hydrogens is 230 g/mol. The van der Waals surface area contributed by atoms with Crippen LogP contribution < -0.4 is 0 Å². The smallest absolute Gasteiger partial charge is 0.0743 e. The van der Waals surface area contributed by atoms with Gasteiger partial charge in [-0.3, -0.25) is 4.98 Å². The average molecular weight is 251 g/mol. The molecule has 0 radical (unpaired) electrons. The summed E-state index contributed by atoms with van der Waals surface area (Å²) in [7, 11) is 0. The summed E-state index contributed by atoms with van der Waals surface area (Å²) < 4.78 is 0. The van der Waals surface area contributed by atoms with Crippen LogP contribution >= 0.6 is 0 Å². The SMILES string of the molecule is C=C/C=C(/C)c1ccc2c(C)cc(CC)nc2c1C. The van der Waals surface area contributed by atoms with Gasteiger partial charge in [0.1, 0.15) is 0 Å². The maximum Gasteiger partial charge on any atom is 0.0743 e. The zero-order chi connectivity index (χ0) is 14.0. The third kappa shape index (κ3) is 2.46. The van der Waals surface area contributed by atoms with Crippen LogP contribution in [0.3, 0.4) is 0 Å². The van der Waals surface area contributed by atoms with Gasteiger partial charge < -0.3 is 0 Å². The average Bonchev–Trinajstić information content (AvgIpc) is 2.39. The highest BCUT2D eigenvalue weighted by atomic mass is 14.7. The predicted octanol–water partition coefficient (Wildman–Crippen LogP) is 5.00. The van der Waals surface area contributed by atoms with Crippen LogP contribution in [0.1, 0.15) is 36.2 Å². The van der Waals surface area contributed by atoms with Crippen LogP contribution in [0.4, 0.5) is 0 Å². The standard InChI is InChI=1S/C18H21N/c1-6-8-12(3)16-9-10-17-13(4)11-15(7-2)19-18(17)14(16)5/h6,8-11H,1,7H2,2-5H3/b12-8-. The number of aromatic nitrogens is 1. The van der Waals surface area contributed by atoms with Gasteiger partial charge in [-0.15, -0.1) is 0 Å². The Morgan fingerprint density at radius 1 is 1.32 bits per heavy atom. The van der Waals surface area contributed by atoms with Gasteiger partial charge >= 0.3 is 0 Å². The summed E-state index contributed by atoms with van der Waals surface area (Å²) in [6.45, 7) is 12.4. The molecule has 0 saturated heterocycles. The fourth-order valence-corrected chi connectivity index (χ4v) is 2.54. The zero-order valence-electron chi connectivity index (χ0n) is 12.2. The Morgan fingerprint density at radius 3 is 2.68 bits per heavy atom. The van der Waals surface area contributed by atoms with Crippen molar-refractivity contribution in [1.29, 1.82) is 0 Å². The fourth-order valence-electron chi connectivity index (χ4n) is 2.54. The van der Waals surface area contributed by atoms with Crippen molar-refractivity contribution >= 4 is 16.5 Å². The summed E-state index contributed by atoms with van der Waals surface area (Å²) in [5.74, 6) is 0.